The Morgan fingerprint density at radius 2 is 1.71 bits per heavy atom. The molecule has 0 saturated heterocycles. The molecule has 2 aromatic rings. The van der Waals surface area contributed by atoms with E-state index in [-0.39, 0.29) is 29.6 Å². The molecule has 2 saturated carbocycles. The quantitative estimate of drug-likeness (QED) is 0.640. The molecule has 1 amide bonds. The number of hydrogen-bond acceptors (Lipinski definition) is 3. The van der Waals surface area contributed by atoms with Crippen LogP contribution >= 0.6 is 11.6 Å². The van der Waals surface area contributed by atoms with E-state index in [1.54, 1.807) is 24.3 Å². The molecule has 10 heteroatoms. The molecule has 1 N–H and O–H groups in total. The van der Waals surface area contributed by atoms with Crippen LogP contribution in [0, 0.1) is 0 Å². The van der Waals surface area contributed by atoms with Crippen molar-refractivity contribution in [3.63, 3.8) is 0 Å². The number of rotatable bonds is 7. The summed E-state index contributed by atoms with van der Waals surface area (Å²) in [6, 6.07) is 8.75. The summed E-state index contributed by atoms with van der Waals surface area (Å²) in [5.41, 5.74) is 0.0243. The van der Waals surface area contributed by atoms with Crippen LogP contribution in [-0.4, -0.2) is 30.7 Å². The molecule has 0 spiro atoms. The minimum Gasteiger partial charge on any atom is -0.349 e. The van der Waals surface area contributed by atoms with Crippen LogP contribution in [0.5, 0.6) is 0 Å². The first-order chi connectivity index (χ1) is 14.6. The van der Waals surface area contributed by atoms with Crippen molar-refractivity contribution in [3.8, 4) is 0 Å². The molecule has 0 radical (unpaired) electrons. The van der Waals surface area contributed by atoms with E-state index < -0.39 is 26.7 Å². The maximum atomic E-state index is 13.2. The highest BCUT2D eigenvalue weighted by molar-refractivity contribution is 7.89. The maximum Gasteiger partial charge on any atom is 0.416 e. The molecular weight excluding hydrogens is 453 g/mol. The first-order valence-electron chi connectivity index (χ1n) is 9.84. The third-order valence-corrected chi connectivity index (χ3v) is 7.65. The predicted molar refractivity (Wildman–Crippen MR) is 109 cm³/mol. The van der Waals surface area contributed by atoms with Crippen LogP contribution in [0.25, 0.3) is 0 Å². The summed E-state index contributed by atoms with van der Waals surface area (Å²) < 4.78 is 67.0. The van der Waals surface area contributed by atoms with Gasteiger partial charge in [-0.05, 0) is 61.6 Å². The Morgan fingerprint density at radius 1 is 1.06 bits per heavy atom. The van der Waals surface area contributed by atoms with Crippen molar-refractivity contribution in [1.82, 2.24) is 9.62 Å². The van der Waals surface area contributed by atoms with Crippen molar-refractivity contribution in [1.29, 1.82) is 0 Å². The zero-order valence-electron chi connectivity index (χ0n) is 16.3. The first-order valence-corrected chi connectivity index (χ1v) is 11.7. The molecule has 5 nitrogen and oxygen atoms in total. The largest absolute Gasteiger partial charge is 0.416 e. The van der Waals surface area contributed by atoms with E-state index in [4.69, 9.17) is 11.6 Å². The summed E-state index contributed by atoms with van der Waals surface area (Å²) >= 11 is 5.99. The van der Waals surface area contributed by atoms with E-state index >= 15 is 0 Å². The minimum atomic E-state index is -4.68. The van der Waals surface area contributed by atoms with Gasteiger partial charge in [0.2, 0.25) is 10.0 Å². The summed E-state index contributed by atoms with van der Waals surface area (Å²) in [7, 11) is -4.26. The smallest absolute Gasteiger partial charge is 0.349 e. The Kier molecular flexibility index (Phi) is 5.78. The predicted octanol–water partition coefficient (Wildman–Crippen LogP) is 4.60. The molecular formula is C21H20ClF3N2O3S. The normalized spacial score (nSPS) is 17.1. The molecule has 2 aliphatic carbocycles. The second-order valence-corrected chi connectivity index (χ2v) is 10.1. The Hall–Kier alpha value is -2.10. The number of carbonyl (C=O) groups is 1. The van der Waals surface area contributed by atoms with Crippen molar-refractivity contribution in [2.24, 2.45) is 0 Å². The Bertz CT molecular complexity index is 1100. The second kappa shape index (κ2) is 8.11. The summed E-state index contributed by atoms with van der Waals surface area (Å²) in [6.45, 7) is -0.0237. The molecule has 2 fully saturated rings. The number of nitrogens with one attached hydrogen (secondary N) is 1. The van der Waals surface area contributed by atoms with Gasteiger partial charge < -0.3 is 5.32 Å². The number of hydrogen-bond donors (Lipinski definition) is 1. The van der Waals surface area contributed by atoms with Gasteiger partial charge in [0.1, 0.15) is 4.90 Å². The Morgan fingerprint density at radius 3 is 2.26 bits per heavy atom. The van der Waals surface area contributed by atoms with Gasteiger partial charge in [-0.1, -0.05) is 23.7 Å². The molecule has 0 unspecified atom stereocenters. The zero-order valence-corrected chi connectivity index (χ0v) is 17.9. The van der Waals surface area contributed by atoms with Crippen LogP contribution in [0.2, 0.25) is 5.02 Å². The Labute approximate surface area is 183 Å². The van der Waals surface area contributed by atoms with Crippen LogP contribution in [0.1, 0.15) is 47.2 Å². The van der Waals surface area contributed by atoms with Crippen molar-refractivity contribution in [2.75, 3.05) is 0 Å². The lowest BCUT2D eigenvalue weighted by atomic mass is 10.1. The second-order valence-electron chi connectivity index (χ2n) is 7.87. The van der Waals surface area contributed by atoms with Crippen molar-refractivity contribution in [2.45, 2.75) is 55.4 Å². The molecule has 4 rings (SSSR count). The van der Waals surface area contributed by atoms with Gasteiger partial charge in [-0.25, -0.2) is 8.42 Å². The molecule has 31 heavy (non-hydrogen) atoms. The molecule has 166 valence electrons. The van der Waals surface area contributed by atoms with Crippen LogP contribution in [0.4, 0.5) is 13.2 Å². The van der Waals surface area contributed by atoms with Gasteiger partial charge in [0.25, 0.3) is 5.91 Å². The number of sulfonamides is 1. The van der Waals surface area contributed by atoms with E-state index in [2.05, 4.69) is 5.32 Å². The fourth-order valence-corrected chi connectivity index (χ4v) is 5.39. The number of amides is 1. The van der Waals surface area contributed by atoms with Crippen LogP contribution in [-0.2, 0) is 22.7 Å². The summed E-state index contributed by atoms with van der Waals surface area (Å²) in [5.74, 6) is -0.184. The van der Waals surface area contributed by atoms with E-state index in [9.17, 15) is 26.4 Å². The Balaban J connectivity index is 1.58. The van der Waals surface area contributed by atoms with E-state index in [1.807, 2.05) is 0 Å². The lowest BCUT2D eigenvalue weighted by molar-refractivity contribution is -0.137. The lowest BCUT2D eigenvalue weighted by Gasteiger charge is -2.23. The SMILES string of the molecule is O=C(NC1CC1)c1ccc(CN(C2CC2)S(=O)(=O)c2cc(C(F)(F)F)ccc2Cl)cc1. The highest BCUT2D eigenvalue weighted by Gasteiger charge is 2.40. The lowest BCUT2D eigenvalue weighted by Crippen LogP contribution is -2.33. The van der Waals surface area contributed by atoms with Gasteiger partial charge in [-0.3, -0.25) is 4.79 Å². The van der Waals surface area contributed by atoms with Crippen LogP contribution in [0.3, 0.4) is 0 Å². The first kappa shape index (κ1) is 22.1. The number of benzene rings is 2. The monoisotopic (exact) mass is 472 g/mol. The van der Waals surface area contributed by atoms with E-state index in [1.165, 1.54) is 4.31 Å². The molecule has 2 aliphatic rings. The highest BCUT2D eigenvalue weighted by atomic mass is 35.5. The fraction of sp³-hybridized carbons (Fsp3) is 0.381. The highest BCUT2D eigenvalue weighted by Crippen LogP contribution is 2.38. The van der Waals surface area contributed by atoms with Crippen molar-refractivity contribution in [3.05, 3.63) is 64.2 Å². The maximum absolute atomic E-state index is 13.2. The van der Waals surface area contributed by atoms with Gasteiger partial charge >= 0.3 is 6.18 Å². The average Bonchev–Trinajstić information content (AvgIpc) is 3.60. The van der Waals surface area contributed by atoms with Gasteiger partial charge in [-0.15, -0.1) is 0 Å². The molecule has 0 bridgehead atoms. The van der Waals surface area contributed by atoms with E-state index in [0.717, 1.165) is 25.0 Å². The minimum absolute atomic E-state index is 0.0237. The third kappa shape index (κ3) is 5.05. The van der Waals surface area contributed by atoms with Crippen LogP contribution < -0.4 is 5.32 Å². The molecule has 0 aromatic heterocycles. The molecule has 0 atom stereocenters. The number of halogens is 4. The standard InChI is InChI=1S/C21H20ClF3N2O3S/c22-18-10-5-15(21(23,24)25)11-19(18)31(29,30)27(17-8-9-17)12-13-1-3-14(4-2-13)20(28)26-16-6-7-16/h1-5,10-11,16-17H,6-9,12H2,(H,26,28). The van der Waals surface area contributed by atoms with Gasteiger partial charge in [0.15, 0.2) is 0 Å². The number of carbonyl (C=O) groups excluding carboxylic acids is 1. The van der Waals surface area contributed by atoms with Crippen molar-refractivity contribution < 1.29 is 26.4 Å². The topological polar surface area (TPSA) is 66.5 Å². The summed E-state index contributed by atoms with van der Waals surface area (Å²) in [4.78, 5) is 11.6. The molecule has 0 aliphatic heterocycles. The third-order valence-electron chi connectivity index (χ3n) is 5.27. The molecule has 2 aromatic carbocycles. The van der Waals surface area contributed by atoms with E-state index in [0.29, 0.717) is 30.0 Å². The van der Waals surface area contributed by atoms with Gasteiger partial charge in [0.05, 0.1) is 10.6 Å². The summed E-state index contributed by atoms with van der Waals surface area (Å²) in [6.07, 6.45) is -1.50. The van der Waals surface area contributed by atoms with Crippen LogP contribution in [0.15, 0.2) is 47.4 Å². The molecule has 0 heterocycles. The fourth-order valence-electron chi connectivity index (χ4n) is 3.21. The average molecular weight is 473 g/mol. The van der Waals surface area contributed by atoms with Crippen molar-refractivity contribution >= 4 is 27.5 Å². The zero-order chi connectivity index (χ0) is 22.4. The summed E-state index contributed by atoms with van der Waals surface area (Å²) in [5, 5.41) is 2.62. The number of nitrogens with zero attached hydrogens (tertiary/aromatic N) is 1. The number of alkyl halides is 3. The van der Waals surface area contributed by atoms with Gasteiger partial charge in [0, 0.05) is 24.2 Å². The van der Waals surface area contributed by atoms with Gasteiger partial charge in [-0.2, -0.15) is 17.5 Å².